The molecule has 0 amide bonds. The van der Waals surface area contributed by atoms with Crippen LogP contribution in [0, 0.1) is 0 Å². The maximum atomic E-state index is 4.31. The Hall–Kier alpha value is -2.93. The summed E-state index contributed by atoms with van der Waals surface area (Å²) in [5.41, 5.74) is 4.54. The molecule has 0 aliphatic heterocycles. The van der Waals surface area contributed by atoms with Crippen LogP contribution in [0.1, 0.15) is 22.4 Å². The summed E-state index contributed by atoms with van der Waals surface area (Å²) in [5, 5.41) is 0. The summed E-state index contributed by atoms with van der Waals surface area (Å²) in [4.78, 5) is 4.31. The third-order valence-electron chi connectivity index (χ3n) is 3.37. The molecule has 1 nitrogen and oxygen atoms in total. The van der Waals surface area contributed by atoms with Crippen LogP contribution in [0.15, 0.2) is 79.0 Å². The maximum Gasteiger partial charge on any atom is 0.0629 e. The smallest absolute Gasteiger partial charge is 0.0629 e. The van der Waals surface area contributed by atoms with Gasteiger partial charge in [0.15, 0.2) is 0 Å². The summed E-state index contributed by atoms with van der Waals surface area (Å²) in [6.07, 6.45) is 10.2. The summed E-state index contributed by atoms with van der Waals surface area (Å²) in [6, 6.07) is 24.6. The second-order valence-corrected chi connectivity index (χ2v) is 4.96. The zero-order chi connectivity index (χ0) is 15.0. The molecule has 106 valence electrons. The fourth-order valence-corrected chi connectivity index (χ4v) is 2.21. The van der Waals surface area contributed by atoms with Crippen molar-refractivity contribution in [2.75, 3.05) is 0 Å². The van der Waals surface area contributed by atoms with E-state index in [9.17, 15) is 0 Å². The molecule has 1 aromatic heterocycles. The van der Waals surface area contributed by atoms with E-state index in [-0.39, 0.29) is 0 Å². The molecule has 22 heavy (non-hydrogen) atoms. The predicted octanol–water partition coefficient (Wildman–Crippen LogP) is 5.42. The zero-order valence-electron chi connectivity index (χ0n) is 12.3. The molecule has 0 unspecified atom stereocenters. The Kier molecular flexibility index (Phi) is 4.58. The highest BCUT2D eigenvalue weighted by Crippen LogP contribution is 2.16. The van der Waals surface area contributed by atoms with Crippen molar-refractivity contribution >= 4 is 24.3 Å². The van der Waals surface area contributed by atoms with Crippen LogP contribution in [0.4, 0.5) is 0 Å². The van der Waals surface area contributed by atoms with Crippen molar-refractivity contribution in [1.82, 2.24) is 4.98 Å². The fraction of sp³-hybridized carbons (Fsp3) is 0. The molecule has 1 heterocycles. The Balaban J connectivity index is 1.84. The summed E-state index contributed by atoms with van der Waals surface area (Å²) in [5.74, 6) is 0. The van der Waals surface area contributed by atoms with Crippen LogP contribution in [0.25, 0.3) is 24.3 Å². The highest BCUT2D eigenvalue weighted by molar-refractivity contribution is 5.78. The van der Waals surface area contributed by atoms with Gasteiger partial charge in [0.2, 0.25) is 0 Å². The van der Waals surface area contributed by atoms with Crippen molar-refractivity contribution in [3.63, 3.8) is 0 Å². The molecule has 0 saturated carbocycles. The number of hydrogen-bond acceptors (Lipinski definition) is 1. The summed E-state index contributed by atoms with van der Waals surface area (Å²) in [7, 11) is 0. The van der Waals surface area contributed by atoms with Crippen LogP contribution in [0.5, 0.6) is 0 Å². The minimum Gasteiger partial charge on any atom is -0.257 e. The van der Waals surface area contributed by atoms with Crippen LogP contribution < -0.4 is 0 Å². The van der Waals surface area contributed by atoms with E-state index in [2.05, 4.69) is 59.6 Å². The van der Waals surface area contributed by atoms with Gasteiger partial charge in [0, 0.05) is 6.20 Å². The van der Waals surface area contributed by atoms with Gasteiger partial charge in [-0.3, -0.25) is 4.98 Å². The van der Waals surface area contributed by atoms with Crippen LogP contribution in [-0.4, -0.2) is 4.98 Å². The van der Waals surface area contributed by atoms with Crippen molar-refractivity contribution < 1.29 is 0 Å². The first kappa shape index (κ1) is 14.0. The van der Waals surface area contributed by atoms with E-state index in [1.807, 2.05) is 42.5 Å². The second kappa shape index (κ2) is 7.19. The highest BCUT2D eigenvalue weighted by Gasteiger charge is 1.95. The van der Waals surface area contributed by atoms with Crippen LogP contribution >= 0.6 is 0 Å². The van der Waals surface area contributed by atoms with Crippen molar-refractivity contribution in [2.24, 2.45) is 0 Å². The van der Waals surface area contributed by atoms with Gasteiger partial charge in [0.25, 0.3) is 0 Å². The van der Waals surface area contributed by atoms with Crippen molar-refractivity contribution in [1.29, 1.82) is 0 Å². The first-order valence-corrected chi connectivity index (χ1v) is 7.33. The molecule has 0 bridgehead atoms. The van der Waals surface area contributed by atoms with Gasteiger partial charge >= 0.3 is 0 Å². The van der Waals surface area contributed by atoms with E-state index in [0.29, 0.717) is 0 Å². The third kappa shape index (κ3) is 3.80. The lowest BCUT2D eigenvalue weighted by atomic mass is 10.0. The molecule has 0 fully saturated rings. The highest BCUT2D eigenvalue weighted by atomic mass is 14.6. The Bertz CT molecular complexity index is 703. The summed E-state index contributed by atoms with van der Waals surface area (Å²) >= 11 is 0. The topological polar surface area (TPSA) is 12.9 Å². The van der Waals surface area contributed by atoms with Crippen LogP contribution in [-0.2, 0) is 0 Å². The average molecular weight is 283 g/mol. The lowest BCUT2D eigenvalue weighted by molar-refractivity contribution is 1.30. The van der Waals surface area contributed by atoms with Gasteiger partial charge in [0.1, 0.15) is 0 Å². The Morgan fingerprint density at radius 3 is 1.86 bits per heavy atom. The number of pyridine rings is 1. The standard InChI is InChI=1S/C21H17N/c1-2-8-18(9-3-1)13-14-19-10-4-5-11-20(19)15-16-21-12-6-7-17-22-21/h1-17H. The van der Waals surface area contributed by atoms with Gasteiger partial charge in [-0.2, -0.15) is 0 Å². The SMILES string of the molecule is C(=Cc1ccccc1C=Cc1ccccn1)c1ccccc1. The molecule has 0 spiro atoms. The van der Waals surface area contributed by atoms with Gasteiger partial charge in [-0.05, 0) is 34.9 Å². The lowest BCUT2D eigenvalue weighted by Gasteiger charge is -2.01. The van der Waals surface area contributed by atoms with Crippen molar-refractivity contribution in [3.05, 3.63) is 101 Å². The monoisotopic (exact) mass is 283 g/mol. The summed E-state index contributed by atoms with van der Waals surface area (Å²) in [6.45, 7) is 0. The molecule has 2 aromatic carbocycles. The lowest BCUT2D eigenvalue weighted by Crippen LogP contribution is -1.81. The molecule has 0 radical (unpaired) electrons. The fourth-order valence-electron chi connectivity index (χ4n) is 2.21. The molecule has 3 rings (SSSR count). The zero-order valence-corrected chi connectivity index (χ0v) is 12.3. The first-order valence-electron chi connectivity index (χ1n) is 7.33. The third-order valence-corrected chi connectivity index (χ3v) is 3.37. The van der Waals surface area contributed by atoms with Gasteiger partial charge in [-0.1, -0.05) is 78.9 Å². The molecule has 1 heteroatoms. The van der Waals surface area contributed by atoms with E-state index in [1.54, 1.807) is 6.20 Å². The molecule has 3 aromatic rings. The molecule has 0 atom stereocenters. The predicted molar refractivity (Wildman–Crippen MR) is 95.0 cm³/mol. The maximum absolute atomic E-state index is 4.31. The molecule has 0 aliphatic carbocycles. The quantitative estimate of drug-likeness (QED) is 0.582. The molecule has 0 saturated heterocycles. The number of nitrogens with zero attached hydrogens (tertiary/aromatic N) is 1. The van der Waals surface area contributed by atoms with Gasteiger partial charge < -0.3 is 0 Å². The number of benzene rings is 2. The average Bonchev–Trinajstić information content (AvgIpc) is 2.61. The number of rotatable bonds is 4. The normalized spacial score (nSPS) is 11.3. The van der Waals surface area contributed by atoms with E-state index in [0.717, 1.165) is 5.69 Å². The van der Waals surface area contributed by atoms with Gasteiger partial charge in [0.05, 0.1) is 5.69 Å². The Labute approximate surface area is 131 Å². The van der Waals surface area contributed by atoms with Gasteiger partial charge in [-0.25, -0.2) is 0 Å². The van der Waals surface area contributed by atoms with E-state index >= 15 is 0 Å². The van der Waals surface area contributed by atoms with E-state index in [1.165, 1.54) is 16.7 Å². The van der Waals surface area contributed by atoms with E-state index in [4.69, 9.17) is 0 Å². The number of hydrogen-bond donors (Lipinski definition) is 0. The molecular weight excluding hydrogens is 266 g/mol. The minimum atomic E-state index is 0.962. The second-order valence-electron chi connectivity index (χ2n) is 4.96. The van der Waals surface area contributed by atoms with Crippen LogP contribution in [0.3, 0.4) is 0 Å². The molecular formula is C21H17N. The largest absolute Gasteiger partial charge is 0.257 e. The molecule has 0 N–H and O–H groups in total. The number of aromatic nitrogens is 1. The van der Waals surface area contributed by atoms with E-state index < -0.39 is 0 Å². The Morgan fingerprint density at radius 1 is 0.545 bits per heavy atom. The minimum absolute atomic E-state index is 0.962. The Morgan fingerprint density at radius 2 is 1.18 bits per heavy atom. The van der Waals surface area contributed by atoms with Crippen molar-refractivity contribution in [3.8, 4) is 0 Å². The molecule has 0 aliphatic rings. The summed E-state index contributed by atoms with van der Waals surface area (Å²) < 4.78 is 0. The first-order chi connectivity index (χ1) is 10.9. The van der Waals surface area contributed by atoms with Gasteiger partial charge in [-0.15, -0.1) is 0 Å². The van der Waals surface area contributed by atoms with Crippen LogP contribution in [0.2, 0.25) is 0 Å². The van der Waals surface area contributed by atoms with Crippen molar-refractivity contribution in [2.45, 2.75) is 0 Å².